The minimum atomic E-state index is 0.600. The summed E-state index contributed by atoms with van der Waals surface area (Å²) in [4.78, 5) is 9.67. The second-order valence-corrected chi connectivity index (χ2v) is 10.1. The predicted molar refractivity (Wildman–Crippen MR) is 168 cm³/mol. The number of rotatable bonds is 12. The molecule has 0 saturated carbocycles. The minimum Gasteiger partial charge on any atom is -0.396 e. The van der Waals surface area contributed by atoms with Crippen molar-refractivity contribution in [3.8, 4) is 0 Å². The third-order valence-corrected chi connectivity index (χ3v) is 7.19. The van der Waals surface area contributed by atoms with Crippen LogP contribution in [0.25, 0.3) is 17.5 Å². The quantitative estimate of drug-likeness (QED) is 0.204. The molecule has 2 N–H and O–H groups in total. The van der Waals surface area contributed by atoms with Crippen LogP contribution < -0.4 is 15.5 Å². The number of hydrogen-bond acceptors (Lipinski definition) is 5. The molecule has 3 aromatic carbocycles. The summed E-state index contributed by atoms with van der Waals surface area (Å²) in [7, 11) is 3.83. The summed E-state index contributed by atoms with van der Waals surface area (Å²) in [5.41, 5.74) is 14.8. The molecule has 1 aliphatic rings. The lowest BCUT2D eigenvalue weighted by atomic mass is 10.0. The first-order chi connectivity index (χ1) is 19.1. The van der Waals surface area contributed by atoms with Crippen LogP contribution in [0.1, 0.15) is 54.9 Å². The van der Waals surface area contributed by atoms with Crippen LogP contribution in [0.15, 0.2) is 83.9 Å². The highest BCUT2D eigenvalue weighted by Gasteiger charge is 2.14. The molecule has 3 aromatic rings. The van der Waals surface area contributed by atoms with Gasteiger partial charge in [-0.15, -0.1) is 0 Å². The molecule has 1 heterocycles. The molecule has 1 saturated heterocycles. The van der Waals surface area contributed by atoms with Crippen LogP contribution >= 0.6 is 0 Å². The lowest BCUT2D eigenvalue weighted by Gasteiger charge is -2.19. The fraction of sp³-hybridized carbons (Fsp3) is 0.324. The minimum absolute atomic E-state index is 0.600. The number of hydrogen-bond donors (Lipinski definition) is 1. The van der Waals surface area contributed by atoms with Crippen molar-refractivity contribution in [2.45, 2.75) is 32.6 Å². The Balaban J connectivity index is 1.63. The highest BCUT2D eigenvalue weighted by atomic mass is 16.5. The van der Waals surface area contributed by atoms with E-state index >= 15 is 0 Å². The van der Waals surface area contributed by atoms with Gasteiger partial charge in [0.15, 0.2) is 0 Å². The third-order valence-electron chi connectivity index (χ3n) is 7.19. The molecule has 1 fully saturated rings. The fourth-order valence-corrected chi connectivity index (χ4v) is 4.77. The first kappa shape index (κ1) is 28.2. The van der Waals surface area contributed by atoms with E-state index in [4.69, 9.17) is 15.5 Å². The summed E-state index contributed by atoms with van der Waals surface area (Å²) in [6.07, 6.45) is 10.8. The number of methoxy groups -OCH3 is 1. The predicted octanol–water partition coefficient (Wildman–Crippen LogP) is 7.09. The second-order valence-electron chi connectivity index (χ2n) is 10.1. The van der Waals surface area contributed by atoms with Crippen LogP contribution in [0.4, 0.5) is 11.4 Å². The molecule has 0 amide bonds. The van der Waals surface area contributed by atoms with Crippen molar-refractivity contribution in [2.75, 3.05) is 50.2 Å². The average molecular weight is 523 g/mol. The van der Waals surface area contributed by atoms with Gasteiger partial charge in [-0.25, -0.2) is 0 Å². The summed E-state index contributed by atoms with van der Waals surface area (Å²) < 4.78 is 5.09. The summed E-state index contributed by atoms with van der Waals surface area (Å²) in [5.74, 6) is 0. The molecular weight excluding hydrogens is 480 g/mol. The third kappa shape index (κ3) is 7.84. The van der Waals surface area contributed by atoms with E-state index in [0.29, 0.717) is 12.3 Å². The van der Waals surface area contributed by atoms with Gasteiger partial charge in [-0.1, -0.05) is 74.0 Å². The summed E-state index contributed by atoms with van der Waals surface area (Å²) >= 11 is 0. The number of aliphatic imine (C=N–C) groups is 1. The van der Waals surface area contributed by atoms with E-state index in [2.05, 4.69) is 103 Å². The van der Waals surface area contributed by atoms with Gasteiger partial charge < -0.3 is 20.3 Å². The van der Waals surface area contributed by atoms with Crippen molar-refractivity contribution < 1.29 is 4.74 Å². The maximum Gasteiger partial charge on any atom is 0.0937 e. The topological polar surface area (TPSA) is 54.1 Å². The molecule has 0 aliphatic carbocycles. The van der Waals surface area contributed by atoms with E-state index < -0.39 is 0 Å². The van der Waals surface area contributed by atoms with Gasteiger partial charge in [0.05, 0.1) is 18.0 Å². The van der Waals surface area contributed by atoms with Gasteiger partial charge >= 0.3 is 0 Å². The number of unbranched alkanes of at least 4 members (excludes halogenated alkanes) is 1. The molecule has 0 radical (unpaired) electrons. The van der Waals surface area contributed by atoms with Gasteiger partial charge in [0, 0.05) is 56.9 Å². The van der Waals surface area contributed by atoms with Crippen molar-refractivity contribution in [3.63, 3.8) is 0 Å². The molecule has 0 atom stereocenters. The summed E-state index contributed by atoms with van der Waals surface area (Å²) in [5, 5.41) is 0. The van der Waals surface area contributed by atoms with E-state index in [0.717, 1.165) is 47.6 Å². The Labute approximate surface area is 234 Å². The average Bonchev–Trinajstić information content (AvgIpc) is 3.52. The van der Waals surface area contributed by atoms with Gasteiger partial charge in [-0.3, -0.25) is 4.99 Å². The molecule has 0 spiro atoms. The first-order valence-electron chi connectivity index (χ1n) is 14.1. The fourth-order valence-electron chi connectivity index (χ4n) is 4.77. The van der Waals surface area contributed by atoms with Crippen LogP contribution in [-0.4, -0.2) is 46.6 Å². The maximum atomic E-state index is 6.82. The van der Waals surface area contributed by atoms with Gasteiger partial charge in [-0.2, -0.15) is 0 Å². The smallest absolute Gasteiger partial charge is 0.0937 e. The van der Waals surface area contributed by atoms with Crippen LogP contribution in [0.3, 0.4) is 0 Å². The Morgan fingerprint density at radius 3 is 2.21 bits per heavy atom. The normalized spacial score (nSPS) is 14.4. The Bertz CT molecular complexity index is 1250. The highest BCUT2D eigenvalue weighted by molar-refractivity contribution is 5.94. The van der Waals surface area contributed by atoms with E-state index in [-0.39, 0.29) is 0 Å². The number of benzene rings is 3. The zero-order valence-corrected chi connectivity index (χ0v) is 23.6. The number of nitrogens with zero attached hydrogens (tertiary/aromatic N) is 3. The lowest BCUT2D eigenvalue weighted by molar-refractivity contribution is 0.234. The van der Waals surface area contributed by atoms with Crippen molar-refractivity contribution in [2.24, 2.45) is 10.7 Å². The van der Waals surface area contributed by atoms with Crippen LogP contribution in [0.2, 0.25) is 0 Å². The van der Waals surface area contributed by atoms with E-state index in [9.17, 15) is 0 Å². The van der Waals surface area contributed by atoms with Crippen molar-refractivity contribution in [3.05, 3.63) is 101 Å². The molecule has 5 heteroatoms. The second kappa shape index (κ2) is 14.4. The molecule has 0 bridgehead atoms. The van der Waals surface area contributed by atoms with E-state index in [1.165, 1.54) is 37.1 Å². The SMILES string of the molecule is CCCCN(C)c1ccc(/C(N)=C(/N=Cc2ccc(/C=C/COC)cc2)c2ccc(N3CCCC3)cc2)cc1. The largest absolute Gasteiger partial charge is 0.396 e. The van der Waals surface area contributed by atoms with Crippen molar-refractivity contribution >= 4 is 35.1 Å². The Morgan fingerprint density at radius 2 is 1.56 bits per heavy atom. The van der Waals surface area contributed by atoms with E-state index in [1.807, 2.05) is 12.3 Å². The number of anilines is 2. The van der Waals surface area contributed by atoms with Crippen molar-refractivity contribution in [1.82, 2.24) is 0 Å². The monoisotopic (exact) mass is 522 g/mol. The van der Waals surface area contributed by atoms with E-state index in [1.54, 1.807) is 7.11 Å². The molecule has 204 valence electrons. The summed E-state index contributed by atoms with van der Waals surface area (Å²) in [6, 6.07) is 25.5. The first-order valence-corrected chi connectivity index (χ1v) is 14.1. The van der Waals surface area contributed by atoms with Gasteiger partial charge in [0.25, 0.3) is 0 Å². The highest BCUT2D eigenvalue weighted by Crippen LogP contribution is 2.28. The standard InChI is InChI=1S/C34H42N4O/c1-4-5-22-37(2)31-18-14-29(15-19-31)33(35)34(30-16-20-32(21-17-30)38-23-6-7-24-38)36-26-28-12-10-27(11-13-28)9-8-25-39-3/h8-21,26H,4-7,22-25,35H2,1-3H3/b9-8+,34-33-,36-26?. The van der Waals surface area contributed by atoms with Crippen molar-refractivity contribution in [1.29, 1.82) is 0 Å². The Kier molecular flexibility index (Phi) is 10.4. The zero-order chi connectivity index (χ0) is 27.5. The lowest BCUT2D eigenvalue weighted by Crippen LogP contribution is -2.18. The molecule has 5 nitrogen and oxygen atoms in total. The van der Waals surface area contributed by atoms with Crippen LogP contribution in [-0.2, 0) is 4.74 Å². The zero-order valence-electron chi connectivity index (χ0n) is 23.6. The van der Waals surface area contributed by atoms with Crippen LogP contribution in [0, 0.1) is 0 Å². The van der Waals surface area contributed by atoms with Crippen LogP contribution in [0.5, 0.6) is 0 Å². The molecule has 39 heavy (non-hydrogen) atoms. The molecule has 0 aromatic heterocycles. The maximum absolute atomic E-state index is 6.82. The molecule has 0 unspecified atom stereocenters. The number of nitrogens with two attached hydrogens (primary N) is 1. The summed E-state index contributed by atoms with van der Waals surface area (Å²) in [6.45, 7) is 6.11. The Morgan fingerprint density at radius 1 is 0.923 bits per heavy atom. The Hall–Kier alpha value is -3.83. The molecule has 4 rings (SSSR count). The van der Waals surface area contributed by atoms with Gasteiger partial charge in [0.1, 0.15) is 0 Å². The molecular formula is C34H42N4O. The number of ether oxygens (including phenoxy) is 1. The van der Waals surface area contributed by atoms with Gasteiger partial charge in [0.2, 0.25) is 0 Å². The molecule has 1 aliphatic heterocycles. The van der Waals surface area contributed by atoms with Gasteiger partial charge in [-0.05, 0) is 60.2 Å².